The van der Waals surface area contributed by atoms with Gasteiger partial charge in [0, 0.05) is 22.3 Å². The summed E-state index contributed by atoms with van der Waals surface area (Å²) in [6.07, 6.45) is 0.518. The number of sulfonamides is 1. The van der Waals surface area contributed by atoms with Gasteiger partial charge >= 0.3 is 5.97 Å². The van der Waals surface area contributed by atoms with Gasteiger partial charge in [0.15, 0.2) is 5.78 Å². The summed E-state index contributed by atoms with van der Waals surface area (Å²) in [6.45, 7) is 0. The number of carboxylic acid groups (broad SMARTS) is 1. The lowest BCUT2D eigenvalue weighted by Crippen LogP contribution is -2.14. The molecule has 0 amide bonds. The summed E-state index contributed by atoms with van der Waals surface area (Å²) in [5.74, 6) is -3.61. The molecule has 2 aromatic carbocycles. The number of benzene rings is 2. The van der Waals surface area contributed by atoms with E-state index in [9.17, 15) is 18.0 Å². The van der Waals surface area contributed by atoms with Crippen LogP contribution in [-0.4, -0.2) is 30.4 Å². The fraction of sp³-hybridized carbons (Fsp3) is 0. The van der Waals surface area contributed by atoms with Crippen LogP contribution in [0.15, 0.2) is 59.2 Å². The Balaban J connectivity index is 2.34. The van der Waals surface area contributed by atoms with Crippen LogP contribution in [0.25, 0.3) is 0 Å². The van der Waals surface area contributed by atoms with E-state index < -0.39 is 27.5 Å². The van der Waals surface area contributed by atoms with Gasteiger partial charge in [0.1, 0.15) is 4.90 Å². The maximum absolute atomic E-state index is 12.5. The van der Waals surface area contributed by atoms with Crippen molar-refractivity contribution in [1.29, 1.82) is 0 Å². The highest BCUT2D eigenvalue weighted by molar-refractivity contribution is 7.92. The summed E-state index contributed by atoms with van der Waals surface area (Å²) in [4.78, 5) is 22.2. The standard InChI is InChI=1S/C16H11Cl2NO6S/c17-10-4-5-12(18)15(7-10)26(24,25)19-11-3-1-2-9(6-11)13(20)8-14(21)16(22)23/h1-8,19,21H,(H,22,23)/b14-8+. The Morgan fingerprint density at radius 1 is 1.04 bits per heavy atom. The molecule has 0 saturated carbocycles. The van der Waals surface area contributed by atoms with Crippen LogP contribution in [0.2, 0.25) is 10.0 Å². The summed E-state index contributed by atoms with van der Waals surface area (Å²) in [7, 11) is -4.08. The Bertz CT molecular complexity index is 1020. The number of hydrogen-bond acceptors (Lipinski definition) is 5. The van der Waals surface area contributed by atoms with Gasteiger partial charge in [0.05, 0.1) is 5.02 Å². The number of aliphatic hydroxyl groups is 1. The van der Waals surface area contributed by atoms with Gasteiger partial charge in [-0.25, -0.2) is 13.2 Å². The molecule has 26 heavy (non-hydrogen) atoms. The molecule has 0 spiro atoms. The molecule has 2 rings (SSSR count). The van der Waals surface area contributed by atoms with E-state index >= 15 is 0 Å². The predicted molar refractivity (Wildman–Crippen MR) is 96.4 cm³/mol. The van der Waals surface area contributed by atoms with E-state index in [2.05, 4.69) is 4.72 Å². The van der Waals surface area contributed by atoms with Gasteiger partial charge in [-0.3, -0.25) is 9.52 Å². The van der Waals surface area contributed by atoms with Crippen LogP contribution in [0.4, 0.5) is 5.69 Å². The van der Waals surface area contributed by atoms with E-state index in [1.807, 2.05) is 0 Å². The van der Waals surface area contributed by atoms with Crippen LogP contribution in [0.1, 0.15) is 10.4 Å². The van der Waals surface area contributed by atoms with Crippen molar-refractivity contribution in [3.05, 3.63) is 69.9 Å². The van der Waals surface area contributed by atoms with E-state index in [0.29, 0.717) is 6.08 Å². The molecule has 0 heterocycles. The van der Waals surface area contributed by atoms with Gasteiger partial charge in [-0.15, -0.1) is 0 Å². The molecular formula is C16H11Cl2NO6S. The minimum atomic E-state index is -4.08. The molecule has 7 nitrogen and oxygen atoms in total. The molecule has 0 atom stereocenters. The summed E-state index contributed by atoms with van der Waals surface area (Å²) < 4.78 is 27.2. The second-order valence-corrected chi connectivity index (χ2v) is 7.45. The second kappa shape index (κ2) is 7.77. The van der Waals surface area contributed by atoms with Crippen molar-refractivity contribution in [3.8, 4) is 0 Å². The van der Waals surface area contributed by atoms with E-state index in [-0.39, 0.29) is 26.2 Å². The van der Waals surface area contributed by atoms with E-state index in [4.69, 9.17) is 33.4 Å². The smallest absolute Gasteiger partial charge is 0.371 e. The van der Waals surface area contributed by atoms with Gasteiger partial charge in [-0.2, -0.15) is 0 Å². The normalized spacial score (nSPS) is 11.8. The third-order valence-corrected chi connectivity index (χ3v) is 5.17. The number of allylic oxidation sites excluding steroid dienone is 1. The molecule has 0 aromatic heterocycles. The predicted octanol–water partition coefficient (Wildman–Crippen LogP) is 3.50. The molecule has 0 aliphatic heterocycles. The molecule has 136 valence electrons. The maximum atomic E-state index is 12.5. The Labute approximate surface area is 158 Å². The molecule has 0 bridgehead atoms. The van der Waals surface area contributed by atoms with Gasteiger partial charge in [-0.1, -0.05) is 35.3 Å². The van der Waals surface area contributed by atoms with Crippen molar-refractivity contribution in [2.24, 2.45) is 0 Å². The first-order valence-electron chi connectivity index (χ1n) is 6.86. The number of aliphatic carboxylic acids is 1. The summed E-state index contributed by atoms with van der Waals surface area (Å²) >= 11 is 11.7. The second-order valence-electron chi connectivity index (χ2n) is 4.96. The molecule has 0 radical (unpaired) electrons. The molecule has 0 aliphatic carbocycles. The number of hydrogen-bond donors (Lipinski definition) is 3. The fourth-order valence-corrected chi connectivity index (χ4v) is 3.71. The molecule has 0 unspecified atom stereocenters. The van der Waals surface area contributed by atoms with Gasteiger partial charge < -0.3 is 10.2 Å². The number of halogens is 2. The number of aliphatic hydroxyl groups excluding tert-OH is 1. The monoisotopic (exact) mass is 415 g/mol. The Kier molecular flexibility index (Phi) is 5.91. The highest BCUT2D eigenvalue weighted by atomic mass is 35.5. The van der Waals surface area contributed by atoms with Crippen LogP contribution in [0.3, 0.4) is 0 Å². The lowest BCUT2D eigenvalue weighted by atomic mass is 10.1. The quantitative estimate of drug-likeness (QED) is 0.377. The van der Waals surface area contributed by atoms with E-state index in [1.54, 1.807) is 0 Å². The highest BCUT2D eigenvalue weighted by Gasteiger charge is 2.19. The molecule has 0 fully saturated rings. The average molecular weight is 416 g/mol. The molecule has 0 aliphatic rings. The Hall–Kier alpha value is -2.55. The van der Waals surface area contributed by atoms with E-state index in [0.717, 1.165) is 0 Å². The van der Waals surface area contributed by atoms with Crippen molar-refractivity contribution < 1.29 is 28.2 Å². The van der Waals surface area contributed by atoms with E-state index in [1.165, 1.54) is 42.5 Å². The van der Waals surface area contributed by atoms with Crippen LogP contribution < -0.4 is 4.72 Å². The molecule has 2 aromatic rings. The highest BCUT2D eigenvalue weighted by Crippen LogP contribution is 2.27. The number of carbonyl (C=O) groups is 2. The average Bonchev–Trinajstić information content (AvgIpc) is 2.56. The number of carbonyl (C=O) groups excluding carboxylic acids is 1. The molecular weight excluding hydrogens is 405 g/mol. The van der Waals surface area contributed by atoms with Crippen molar-refractivity contribution in [3.63, 3.8) is 0 Å². The van der Waals surface area contributed by atoms with Crippen LogP contribution >= 0.6 is 23.2 Å². The van der Waals surface area contributed by atoms with Crippen molar-refractivity contribution >= 4 is 50.7 Å². The third kappa shape index (κ3) is 4.75. The zero-order valence-corrected chi connectivity index (χ0v) is 15.1. The number of nitrogens with one attached hydrogen (secondary N) is 1. The van der Waals surface area contributed by atoms with Crippen molar-refractivity contribution in [1.82, 2.24) is 0 Å². The van der Waals surface area contributed by atoms with Crippen molar-refractivity contribution in [2.45, 2.75) is 4.90 Å². The van der Waals surface area contributed by atoms with Crippen LogP contribution in [0.5, 0.6) is 0 Å². The SMILES string of the molecule is O=C(O)/C(O)=C\C(=O)c1cccc(NS(=O)(=O)c2cc(Cl)ccc2Cl)c1. The molecule has 0 saturated heterocycles. The zero-order valence-electron chi connectivity index (χ0n) is 12.8. The molecule has 3 N–H and O–H groups in total. The first-order chi connectivity index (χ1) is 12.1. The fourth-order valence-electron chi connectivity index (χ4n) is 1.90. The zero-order chi connectivity index (χ0) is 19.5. The minimum absolute atomic E-state index is 0.0322. The van der Waals surface area contributed by atoms with Gasteiger partial charge in [0.25, 0.3) is 10.0 Å². The summed E-state index contributed by atoms with van der Waals surface area (Å²) in [5, 5.41) is 17.8. The maximum Gasteiger partial charge on any atom is 0.371 e. The van der Waals surface area contributed by atoms with Gasteiger partial charge in [-0.05, 0) is 30.3 Å². The minimum Gasteiger partial charge on any atom is -0.502 e. The lowest BCUT2D eigenvalue weighted by molar-refractivity contribution is -0.135. The summed E-state index contributed by atoms with van der Waals surface area (Å²) in [5.41, 5.74) is 0.00491. The largest absolute Gasteiger partial charge is 0.502 e. The number of carboxylic acids is 1. The van der Waals surface area contributed by atoms with Crippen molar-refractivity contribution in [2.75, 3.05) is 4.72 Å². The topological polar surface area (TPSA) is 121 Å². The first kappa shape index (κ1) is 19.8. The molecule has 10 heteroatoms. The number of anilines is 1. The Morgan fingerprint density at radius 3 is 2.38 bits per heavy atom. The first-order valence-corrected chi connectivity index (χ1v) is 9.10. The third-order valence-electron chi connectivity index (χ3n) is 3.07. The number of rotatable bonds is 6. The van der Waals surface area contributed by atoms with Gasteiger partial charge in [0.2, 0.25) is 5.76 Å². The lowest BCUT2D eigenvalue weighted by Gasteiger charge is -2.10. The summed E-state index contributed by atoms with van der Waals surface area (Å²) in [6, 6.07) is 9.22. The number of ketones is 1. The van der Waals surface area contributed by atoms with Crippen LogP contribution in [0, 0.1) is 0 Å². The Morgan fingerprint density at radius 2 is 1.73 bits per heavy atom. The van der Waals surface area contributed by atoms with Crippen LogP contribution in [-0.2, 0) is 14.8 Å².